The summed E-state index contributed by atoms with van der Waals surface area (Å²) in [6.07, 6.45) is 7.90. The largest absolute Gasteiger partial charge is 0.507 e. The summed E-state index contributed by atoms with van der Waals surface area (Å²) < 4.78 is 0. The first-order chi connectivity index (χ1) is 10.5. The van der Waals surface area contributed by atoms with Crippen LogP contribution in [-0.2, 0) is 0 Å². The number of benzene rings is 1. The van der Waals surface area contributed by atoms with Gasteiger partial charge in [0, 0.05) is 24.4 Å². The first kappa shape index (κ1) is 15.6. The second kappa shape index (κ2) is 6.76. The molecule has 5 nitrogen and oxygen atoms in total. The molecular formula is C17H22N4O. The number of hydrogen-bond acceptors (Lipinski definition) is 5. The molecule has 1 aromatic rings. The number of hydrogen-bond donors (Lipinski definition) is 4. The zero-order chi connectivity index (χ0) is 16.1. The van der Waals surface area contributed by atoms with Crippen molar-refractivity contribution in [3.8, 4) is 5.75 Å². The Bertz CT molecular complexity index is 667. The van der Waals surface area contributed by atoms with Crippen molar-refractivity contribution in [1.29, 1.82) is 0 Å². The maximum absolute atomic E-state index is 9.89. The molecule has 1 aromatic carbocycles. The second-order valence-electron chi connectivity index (χ2n) is 5.21. The van der Waals surface area contributed by atoms with Gasteiger partial charge in [-0.05, 0) is 25.1 Å². The summed E-state index contributed by atoms with van der Waals surface area (Å²) in [4.78, 5) is 2.02. The number of phenols is 1. The summed E-state index contributed by atoms with van der Waals surface area (Å²) in [6.45, 7) is 3.42. The van der Waals surface area contributed by atoms with Crippen LogP contribution in [0, 0.1) is 0 Å². The van der Waals surface area contributed by atoms with Gasteiger partial charge in [-0.15, -0.1) is 0 Å². The molecule has 2 rings (SSSR count). The molecule has 0 saturated carbocycles. The Morgan fingerprint density at radius 1 is 1.18 bits per heavy atom. The van der Waals surface area contributed by atoms with Crippen molar-refractivity contribution < 1.29 is 5.11 Å². The summed E-state index contributed by atoms with van der Waals surface area (Å²) in [6, 6.07) is 6.89. The molecule has 0 amide bonds. The first-order valence-electron chi connectivity index (χ1n) is 7.08. The molecule has 116 valence electrons. The highest BCUT2D eigenvalue weighted by Gasteiger charge is 2.12. The van der Waals surface area contributed by atoms with Crippen LogP contribution in [0.5, 0.6) is 5.75 Å². The molecule has 0 saturated heterocycles. The third-order valence-electron chi connectivity index (χ3n) is 3.48. The van der Waals surface area contributed by atoms with E-state index >= 15 is 0 Å². The summed E-state index contributed by atoms with van der Waals surface area (Å²) >= 11 is 0. The monoisotopic (exact) mass is 298 g/mol. The fourth-order valence-corrected chi connectivity index (χ4v) is 2.26. The topological polar surface area (TPSA) is 102 Å². The molecule has 0 radical (unpaired) electrons. The third-order valence-corrected chi connectivity index (χ3v) is 3.48. The maximum Gasteiger partial charge on any atom is 0.124 e. The molecule has 0 bridgehead atoms. The van der Waals surface area contributed by atoms with E-state index in [0.717, 1.165) is 0 Å². The molecule has 1 aliphatic rings. The SMILES string of the molecule is CC1=CCN(C(/C=C(\N)c2ccccc2O)=C(N)N)CC=C1. The maximum atomic E-state index is 9.89. The standard InChI is InChI=1S/C17H22N4O/c1-12-5-4-9-21(10-8-12)15(17(19)20)11-14(18)13-6-2-3-7-16(13)22/h2-8,11,22H,9-10,18-20H2,1H3/b14-11-. The van der Waals surface area contributed by atoms with E-state index in [1.54, 1.807) is 24.3 Å². The summed E-state index contributed by atoms with van der Waals surface area (Å²) in [5, 5.41) is 9.89. The van der Waals surface area contributed by atoms with Crippen LogP contribution in [0.3, 0.4) is 0 Å². The number of aromatic hydroxyl groups is 1. The van der Waals surface area contributed by atoms with Crippen LogP contribution in [-0.4, -0.2) is 23.1 Å². The lowest BCUT2D eigenvalue weighted by atomic mass is 10.1. The van der Waals surface area contributed by atoms with Gasteiger partial charge in [0.25, 0.3) is 0 Å². The van der Waals surface area contributed by atoms with Gasteiger partial charge in [0.15, 0.2) is 0 Å². The zero-order valence-electron chi connectivity index (χ0n) is 12.7. The molecule has 0 spiro atoms. The van der Waals surface area contributed by atoms with E-state index in [4.69, 9.17) is 17.2 Å². The van der Waals surface area contributed by atoms with E-state index in [1.165, 1.54) is 5.57 Å². The quantitative estimate of drug-likeness (QED) is 0.635. The van der Waals surface area contributed by atoms with Crippen LogP contribution in [0.15, 0.2) is 65.7 Å². The van der Waals surface area contributed by atoms with E-state index < -0.39 is 0 Å². The number of nitrogens with zero attached hydrogens (tertiary/aromatic N) is 1. The number of para-hydroxylation sites is 1. The zero-order valence-corrected chi connectivity index (χ0v) is 12.7. The first-order valence-corrected chi connectivity index (χ1v) is 7.08. The number of phenolic OH excluding ortho intramolecular Hbond substituents is 1. The van der Waals surface area contributed by atoms with Gasteiger partial charge in [-0.3, -0.25) is 0 Å². The molecule has 1 heterocycles. The van der Waals surface area contributed by atoms with Crippen molar-refractivity contribution in [2.45, 2.75) is 6.92 Å². The van der Waals surface area contributed by atoms with E-state index in [0.29, 0.717) is 30.0 Å². The van der Waals surface area contributed by atoms with Crippen LogP contribution in [0.4, 0.5) is 0 Å². The molecule has 22 heavy (non-hydrogen) atoms. The fraction of sp³-hybridized carbons (Fsp3) is 0.176. The van der Waals surface area contributed by atoms with E-state index in [2.05, 4.69) is 12.2 Å². The molecule has 0 fully saturated rings. The highest BCUT2D eigenvalue weighted by molar-refractivity contribution is 5.69. The number of rotatable bonds is 3. The molecule has 0 unspecified atom stereocenters. The molecule has 0 aliphatic carbocycles. The minimum absolute atomic E-state index is 0.123. The third kappa shape index (κ3) is 3.63. The number of allylic oxidation sites excluding steroid dienone is 3. The molecule has 5 heteroatoms. The Labute approximate surface area is 130 Å². The second-order valence-corrected chi connectivity index (χ2v) is 5.21. The van der Waals surface area contributed by atoms with Crippen molar-refractivity contribution in [3.05, 3.63) is 71.2 Å². The van der Waals surface area contributed by atoms with Crippen molar-refractivity contribution in [3.63, 3.8) is 0 Å². The Hall–Kier alpha value is -2.82. The molecule has 1 aliphatic heterocycles. The van der Waals surface area contributed by atoms with Gasteiger partial charge in [-0.2, -0.15) is 0 Å². The highest BCUT2D eigenvalue weighted by Crippen LogP contribution is 2.23. The van der Waals surface area contributed by atoms with Gasteiger partial charge in [0.1, 0.15) is 11.6 Å². The lowest BCUT2D eigenvalue weighted by molar-refractivity contribution is 0.430. The summed E-state index contributed by atoms with van der Waals surface area (Å²) in [5.74, 6) is 0.317. The van der Waals surface area contributed by atoms with Crippen LogP contribution in [0.1, 0.15) is 12.5 Å². The average Bonchev–Trinajstić information content (AvgIpc) is 2.69. The smallest absolute Gasteiger partial charge is 0.124 e. The van der Waals surface area contributed by atoms with E-state index in [-0.39, 0.29) is 11.6 Å². The molecular weight excluding hydrogens is 276 g/mol. The Balaban J connectivity index is 2.34. The van der Waals surface area contributed by atoms with Crippen molar-refractivity contribution in [2.75, 3.05) is 13.1 Å². The lowest BCUT2D eigenvalue weighted by Crippen LogP contribution is -2.28. The van der Waals surface area contributed by atoms with Crippen molar-refractivity contribution in [1.82, 2.24) is 4.90 Å². The van der Waals surface area contributed by atoms with Crippen molar-refractivity contribution >= 4 is 5.70 Å². The molecule has 7 N–H and O–H groups in total. The van der Waals surface area contributed by atoms with Crippen LogP contribution < -0.4 is 17.2 Å². The number of nitrogens with two attached hydrogens (primary N) is 3. The fourth-order valence-electron chi connectivity index (χ4n) is 2.26. The van der Waals surface area contributed by atoms with Crippen molar-refractivity contribution in [2.24, 2.45) is 17.2 Å². The minimum atomic E-state index is 0.123. The van der Waals surface area contributed by atoms with E-state index in [9.17, 15) is 5.11 Å². The van der Waals surface area contributed by atoms with Crippen LogP contribution >= 0.6 is 0 Å². The van der Waals surface area contributed by atoms with Gasteiger partial charge in [-0.1, -0.05) is 35.9 Å². The molecule has 0 atom stereocenters. The summed E-state index contributed by atoms with van der Waals surface area (Å²) in [7, 11) is 0. The Kier molecular flexibility index (Phi) is 4.78. The van der Waals surface area contributed by atoms with Crippen LogP contribution in [0.25, 0.3) is 5.70 Å². The predicted molar refractivity (Wildman–Crippen MR) is 90.1 cm³/mol. The minimum Gasteiger partial charge on any atom is -0.507 e. The van der Waals surface area contributed by atoms with Gasteiger partial charge in [0.2, 0.25) is 0 Å². The Morgan fingerprint density at radius 3 is 2.59 bits per heavy atom. The van der Waals surface area contributed by atoms with Gasteiger partial charge in [0.05, 0.1) is 5.70 Å². The predicted octanol–water partition coefficient (Wildman–Crippen LogP) is 1.60. The Morgan fingerprint density at radius 2 is 1.91 bits per heavy atom. The highest BCUT2D eigenvalue weighted by atomic mass is 16.3. The van der Waals surface area contributed by atoms with Gasteiger partial charge in [-0.25, -0.2) is 0 Å². The van der Waals surface area contributed by atoms with E-state index in [1.807, 2.05) is 24.0 Å². The average molecular weight is 298 g/mol. The van der Waals surface area contributed by atoms with Gasteiger partial charge >= 0.3 is 0 Å². The normalized spacial score (nSPS) is 15.2. The lowest BCUT2D eigenvalue weighted by Gasteiger charge is -2.23. The van der Waals surface area contributed by atoms with Gasteiger partial charge < -0.3 is 27.2 Å². The summed E-state index contributed by atoms with van der Waals surface area (Å²) in [5.41, 5.74) is 20.6. The van der Waals surface area contributed by atoms with Crippen LogP contribution in [0.2, 0.25) is 0 Å². The molecule has 0 aromatic heterocycles.